The van der Waals surface area contributed by atoms with E-state index in [4.69, 9.17) is 24.7 Å². The Hall–Kier alpha value is -2.94. The minimum Gasteiger partial charge on any atom is -0.462 e. The van der Waals surface area contributed by atoms with E-state index < -0.39 is 30.1 Å². The van der Waals surface area contributed by atoms with Gasteiger partial charge in [-0.05, 0) is 47.8 Å². The van der Waals surface area contributed by atoms with E-state index in [2.05, 4.69) is 0 Å². The highest BCUT2D eigenvalue weighted by Crippen LogP contribution is 2.32. The lowest BCUT2D eigenvalue weighted by Gasteiger charge is -2.20. The maximum absolute atomic E-state index is 12.6. The molecular formula is C30H47NO8. The second-order valence-corrected chi connectivity index (χ2v) is 12.9. The van der Waals surface area contributed by atoms with Crippen molar-refractivity contribution in [1.29, 1.82) is 0 Å². The number of rotatable bonds is 12. The van der Waals surface area contributed by atoms with Crippen LogP contribution in [0.3, 0.4) is 0 Å². The zero-order valence-corrected chi connectivity index (χ0v) is 25.2. The summed E-state index contributed by atoms with van der Waals surface area (Å²) in [6.45, 7) is 18.7. The van der Waals surface area contributed by atoms with Crippen molar-refractivity contribution in [2.24, 2.45) is 28.4 Å². The van der Waals surface area contributed by atoms with Gasteiger partial charge in [0, 0.05) is 0 Å². The number of carbonyl (C=O) groups is 4. The first kappa shape index (κ1) is 34.1. The molecule has 9 nitrogen and oxygen atoms in total. The molecule has 0 heterocycles. The van der Waals surface area contributed by atoms with Crippen LogP contribution in [-0.4, -0.2) is 42.6 Å². The summed E-state index contributed by atoms with van der Waals surface area (Å²) < 4.78 is 21.7. The predicted octanol–water partition coefficient (Wildman–Crippen LogP) is 5.01. The first-order valence-corrected chi connectivity index (χ1v) is 13.4. The second-order valence-electron chi connectivity index (χ2n) is 12.9. The molecule has 1 aromatic rings. The monoisotopic (exact) mass is 549 g/mol. The standard InChI is InChI=1S/C30H47NO8/c1-18(2)20(4)27(34)36-17-19(3)37-28(35)22(31)13-21-11-12-23(38-25(32)15-29(5,6)7)24(14-21)39-26(33)16-30(8,9)10/h11-12,14,18-20,22H,13,15-17,31H2,1-10H3/t19-,20?,22-/m0/s1. The van der Waals surface area contributed by atoms with E-state index >= 15 is 0 Å². The Morgan fingerprint density at radius 3 is 1.79 bits per heavy atom. The van der Waals surface area contributed by atoms with Gasteiger partial charge in [0.1, 0.15) is 18.8 Å². The molecule has 0 aliphatic rings. The van der Waals surface area contributed by atoms with Crippen molar-refractivity contribution in [3.63, 3.8) is 0 Å². The molecule has 3 atom stereocenters. The Kier molecular flexibility index (Phi) is 12.6. The molecule has 9 heteroatoms. The maximum atomic E-state index is 12.6. The van der Waals surface area contributed by atoms with E-state index in [1.54, 1.807) is 19.9 Å². The van der Waals surface area contributed by atoms with Gasteiger partial charge in [0.2, 0.25) is 0 Å². The average molecular weight is 550 g/mol. The first-order valence-electron chi connectivity index (χ1n) is 13.4. The molecule has 0 bridgehead atoms. The minimum absolute atomic E-state index is 0.0726. The van der Waals surface area contributed by atoms with Crippen molar-refractivity contribution >= 4 is 23.9 Å². The first-order chi connectivity index (χ1) is 17.8. The predicted molar refractivity (Wildman–Crippen MR) is 148 cm³/mol. The third kappa shape index (κ3) is 13.6. The van der Waals surface area contributed by atoms with Crippen LogP contribution in [-0.2, 0) is 35.1 Å². The number of ether oxygens (including phenoxy) is 4. The molecule has 0 aliphatic carbocycles. The third-order valence-corrected chi connectivity index (χ3v) is 5.71. The molecule has 0 saturated heterocycles. The molecule has 0 amide bonds. The van der Waals surface area contributed by atoms with Crippen LogP contribution in [0, 0.1) is 22.7 Å². The summed E-state index contributed by atoms with van der Waals surface area (Å²) in [7, 11) is 0. The molecule has 1 unspecified atom stereocenters. The van der Waals surface area contributed by atoms with Gasteiger partial charge >= 0.3 is 23.9 Å². The molecule has 1 aromatic carbocycles. The van der Waals surface area contributed by atoms with E-state index in [0.29, 0.717) is 5.56 Å². The molecule has 0 radical (unpaired) electrons. The van der Waals surface area contributed by atoms with Crippen molar-refractivity contribution in [3.8, 4) is 11.5 Å². The SMILES string of the molecule is CC(C)C(C)C(=O)OC[C@H](C)OC(=O)[C@@H](N)Cc1ccc(OC(=O)CC(C)(C)C)c(OC(=O)CC(C)(C)C)c1. The van der Waals surface area contributed by atoms with E-state index in [1.165, 1.54) is 12.1 Å². The van der Waals surface area contributed by atoms with Gasteiger partial charge in [-0.15, -0.1) is 0 Å². The molecular weight excluding hydrogens is 502 g/mol. The second kappa shape index (κ2) is 14.4. The summed E-state index contributed by atoms with van der Waals surface area (Å²) in [6.07, 6.45) is -0.275. The van der Waals surface area contributed by atoms with E-state index in [0.717, 1.165) is 0 Å². The van der Waals surface area contributed by atoms with Crippen LogP contribution in [0.25, 0.3) is 0 Å². The number of hydrogen-bond donors (Lipinski definition) is 1. The summed E-state index contributed by atoms with van der Waals surface area (Å²) in [6, 6.07) is 3.68. The van der Waals surface area contributed by atoms with Gasteiger partial charge < -0.3 is 24.7 Å². The van der Waals surface area contributed by atoms with Gasteiger partial charge in [0.25, 0.3) is 0 Å². The van der Waals surface area contributed by atoms with E-state index in [-0.39, 0.29) is 66.0 Å². The van der Waals surface area contributed by atoms with Crippen LogP contribution in [0.15, 0.2) is 18.2 Å². The number of nitrogens with two attached hydrogens (primary N) is 1. The zero-order valence-electron chi connectivity index (χ0n) is 25.2. The van der Waals surface area contributed by atoms with Crippen LogP contribution in [0.1, 0.15) is 87.6 Å². The Labute approximate surface area is 233 Å². The fourth-order valence-corrected chi connectivity index (χ4v) is 3.29. The van der Waals surface area contributed by atoms with Gasteiger partial charge in [-0.3, -0.25) is 19.2 Å². The fourth-order valence-electron chi connectivity index (χ4n) is 3.29. The van der Waals surface area contributed by atoms with Crippen molar-refractivity contribution in [1.82, 2.24) is 0 Å². The van der Waals surface area contributed by atoms with E-state index in [1.807, 2.05) is 55.4 Å². The molecule has 2 N–H and O–H groups in total. The number of esters is 4. The highest BCUT2D eigenvalue weighted by Gasteiger charge is 2.25. The Morgan fingerprint density at radius 2 is 1.31 bits per heavy atom. The normalized spacial score (nSPS) is 14.3. The third-order valence-electron chi connectivity index (χ3n) is 5.71. The molecule has 0 saturated carbocycles. The molecule has 1 rings (SSSR count). The lowest BCUT2D eigenvalue weighted by atomic mass is 9.92. The number of carbonyl (C=O) groups excluding carboxylic acids is 4. The Bertz CT molecular complexity index is 1000. The summed E-state index contributed by atoms with van der Waals surface area (Å²) in [5.74, 6) is -1.90. The van der Waals surface area contributed by atoms with Crippen molar-refractivity contribution in [2.75, 3.05) is 6.61 Å². The summed E-state index contributed by atoms with van der Waals surface area (Å²) in [5, 5.41) is 0. The molecule has 220 valence electrons. The zero-order chi connectivity index (χ0) is 30.1. The molecule has 0 spiro atoms. The van der Waals surface area contributed by atoms with Gasteiger partial charge in [0.15, 0.2) is 11.5 Å². The topological polar surface area (TPSA) is 131 Å². The summed E-state index contributed by atoms with van der Waals surface area (Å²) >= 11 is 0. The van der Waals surface area contributed by atoms with Crippen LogP contribution >= 0.6 is 0 Å². The van der Waals surface area contributed by atoms with Crippen molar-refractivity contribution in [3.05, 3.63) is 23.8 Å². The van der Waals surface area contributed by atoms with Crippen LogP contribution in [0.2, 0.25) is 0 Å². The molecule has 39 heavy (non-hydrogen) atoms. The lowest BCUT2D eigenvalue weighted by molar-refractivity contribution is -0.161. The summed E-state index contributed by atoms with van der Waals surface area (Å²) in [5.41, 5.74) is 6.08. The van der Waals surface area contributed by atoms with Crippen LogP contribution in [0.5, 0.6) is 11.5 Å². The largest absolute Gasteiger partial charge is 0.462 e. The van der Waals surface area contributed by atoms with Crippen molar-refractivity contribution in [2.45, 2.75) is 101 Å². The number of benzene rings is 1. The lowest BCUT2D eigenvalue weighted by Crippen LogP contribution is -2.37. The van der Waals surface area contributed by atoms with Gasteiger partial charge in [-0.2, -0.15) is 0 Å². The van der Waals surface area contributed by atoms with Gasteiger partial charge in [0.05, 0.1) is 18.8 Å². The van der Waals surface area contributed by atoms with Crippen molar-refractivity contribution < 1.29 is 38.1 Å². The minimum atomic E-state index is -1.02. The Balaban J connectivity index is 2.94. The molecule has 0 aromatic heterocycles. The maximum Gasteiger partial charge on any atom is 0.323 e. The molecule has 0 aliphatic heterocycles. The number of hydrogen-bond acceptors (Lipinski definition) is 9. The molecule has 0 fully saturated rings. The van der Waals surface area contributed by atoms with Crippen LogP contribution in [0.4, 0.5) is 0 Å². The smallest absolute Gasteiger partial charge is 0.323 e. The highest BCUT2D eigenvalue weighted by atomic mass is 16.6. The highest BCUT2D eigenvalue weighted by molar-refractivity contribution is 5.78. The van der Waals surface area contributed by atoms with Gasteiger partial charge in [-0.1, -0.05) is 68.4 Å². The summed E-state index contributed by atoms with van der Waals surface area (Å²) in [4.78, 5) is 49.6. The Morgan fingerprint density at radius 1 is 0.795 bits per heavy atom. The average Bonchev–Trinajstić information content (AvgIpc) is 2.75. The quantitative estimate of drug-likeness (QED) is 0.282. The van der Waals surface area contributed by atoms with E-state index in [9.17, 15) is 19.2 Å². The van der Waals surface area contributed by atoms with Gasteiger partial charge in [-0.25, -0.2) is 0 Å². The van der Waals surface area contributed by atoms with Crippen LogP contribution < -0.4 is 15.2 Å². The fraction of sp³-hybridized carbons (Fsp3) is 0.667.